The first-order valence-electron chi connectivity index (χ1n) is 9.49. The highest BCUT2D eigenvalue weighted by atomic mass is 16.1. The molecule has 0 aliphatic rings. The van der Waals surface area contributed by atoms with Crippen LogP contribution in [0.3, 0.4) is 0 Å². The summed E-state index contributed by atoms with van der Waals surface area (Å²) in [5, 5.41) is 9.91. The number of nitrogens with one attached hydrogen (secondary N) is 1. The summed E-state index contributed by atoms with van der Waals surface area (Å²) in [6.45, 7) is 4.03. The molecule has 1 atom stereocenters. The fourth-order valence-corrected chi connectivity index (χ4v) is 3.67. The van der Waals surface area contributed by atoms with Gasteiger partial charge >= 0.3 is 0 Å². The van der Waals surface area contributed by atoms with Gasteiger partial charge in [0.1, 0.15) is 0 Å². The Kier molecular flexibility index (Phi) is 4.94. The van der Waals surface area contributed by atoms with E-state index in [1.54, 1.807) is 0 Å². The van der Waals surface area contributed by atoms with Gasteiger partial charge in [0.05, 0.1) is 24.3 Å². The van der Waals surface area contributed by atoms with E-state index in [1.807, 2.05) is 79.3 Å². The third-order valence-corrected chi connectivity index (χ3v) is 5.12. The number of carbonyl (C=O) groups excluding carboxylic acids is 1. The van der Waals surface area contributed by atoms with Gasteiger partial charge in [0.2, 0.25) is 5.91 Å². The molecule has 0 radical (unpaired) electrons. The smallest absolute Gasteiger partial charge is 0.224 e. The molecule has 28 heavy (non-hydrogen) atoms. The lowest BCUT2D eigenvalue weighted by Crippen LogP contribution is -2.28. The van der Waals surface area contributed by atoms with Gasteiger partial charge in [-0.15, -0.1) is 0 Å². The highest BCUT2D eigenvalue weighted by Gasteiger charge is 2.17. The Morgan fingerprint density at radius 1 is 1.00 bits per heavy atom. The Bertz CT molecular complexity index is 1110. The Hall–Kier alpha value is -3.40. The molecule has 4 rings (SSSR count). The van der Waals surface area contributed by atoms with Gasteiger partial charge in [0, 0.05) is 11.3 Å². The van der Waals surface area contributed by atoms with Crippen molar-refractivity contribution in [2.24, 2.45) is 0 Å². The number of benzene rings is 3. The summed E-state index contributed by atoms with van der Waals surface area (Å²) >= 11 is 0. The van der Waals surface area contributed by atoms with E-state index in [-0.39, 0.29) is 11.9 Å². The maximum absolute atomic E-state index is 12.7. The second-order valence-corrected chi connectivity index (χ2v) is 7.04. The predicted molar refractivity (Wildman–Crippen MR) is 113 cm³/mol. The predicted octanol–water partition coefficient (Wildman–Crippen LogP) is 4.75. The van der Waals surface area contributed by atoms with Crippen LogP contribution in [0.2, 0.25) is 0 Å². The molecule has 0 spiro atoms. The second kappa shape index (κ2) is 7.69. The van der Waals surface area contributed by atoms with E-state index in [0.717, 1.165) is 33.3 Å². The zero-order valence-electron chi connectivity index (χ0n) is 16.1. The van der Waals surface area contributed by atoms with Crippen LogP contribution in [0, 0.1) is 6.92 Å². The molecule has 1 heterocycles. The summed E-state index contributed by atoms with van der Waals surface area (Å²) in [7, 11) is 0. The van der Waals surface area contributed by atoms with Crippen molar-refractivity contribution in [3.05, 3.63) is 95.8 Å². The van der Waals surface area contributed by atoms with Crippen molar-refractivity contribution >= 4 is 16.7 Å². The minimum Gasteiger partial charge on any atom is -0.349 e. The molecule has 0 aliphatic heterocycles. The van der Waals surface area contributed by atoms with Crippen molar-refractivity contribution in [3.8, 4) is 5.69 Å². The molecule has 3 aromatic carbocycles. The highest BCUT2D eigenvalue weighted by molar-refractivity contribution is 5.90. The molecule has 1 unspecified atom stereocenters. The van der Waals surface area contributed by atoms with Crippen LogP contribution in [-0.2, 0) is 11.2 Å². The Labute approximate surface area is 164 Å². The highest BCUT2D eigenvalue weighted by Crippen LogP contribution is 2.22. The lowest BCUT2D eigenvalue weighted by atomic mass is 10.0. The van der Waals surface area contributed by atoms with Gasteiger partial charge < -0.3 is 5.32 Å². The molecular weight excluding hydrogens is 346 g/mol. The summed E-state index contributed by atoms with van der Waals surface area (Å²) in [6.07, 6.45) is 2.20. The van der Waals surface area contributed by atoms with Crippen molar-refractivity contribution in [2.45, 2.75) is 26.3 Å². The average molecular weight is 369 g/mol. The molecule has 4 nitrogen and oxygen atoms in total. The third kappa shape index (κ3) is 3.54. The van der Waals surface area contributed by atoms with Gasteiger partial charge in [-0.1, -0.05) is 60.7 Å². The number of carbonyl (C=O) groups is 1. The van der Waals surface area contributed by atoms with Crippen LogP contribution < -0.4 is 5.32 Å². The lowest BCUT2D eigenvalue weighted by Gasteiger charge is -2.15. The quantitative estimate of drug-likeness (QED) is 0.552. The molecule has 4 heteroatoms. The molecule has 0 bridgehead atoms. The van der Waals surface area contributed by atoms with Crippen LogP contribution >= 0.6 is 0 Å². The van der Waals surface area contributed by atoms with Crippen molar-refractivity contribution in [1.29, 1.82) is 0 Å². The number of aromatic nitrogens is 2. The molecule has 140 valence electrons. The number of hydrogen-bond acceptors (Lipinski definition) is 2. The minimum atomic E-state index is -0.111. The fraction of sp³-hybridized carbons (Fsp3) is 0.167. The number of hydrogen-bond donors (Lipinski definition) is 1. The van der Waals surface area contributed by atoms with Crippen molar-refractivity contribution in [1.82, 2.24) is 15.1 Å². The summed E-state index contributed by atoms with van der Waals surface area (Å²) < 4.78 is 1.91. The molecule has 0 aliphatic carbocycles. The van der Waals surface area contributed by atoms with E-state index < -0.39 is 0 Å². The zero-order chi connectivity index (χ0) is 19.5. The number of amides is 1. The Morgan fingerprint density at radius 2 is 1.71 bits per heavy atom. The maximum atomic E-state index is 12.7. The fourth-order valence-electron chi connectivity index (χ4n) is 3.67. The Balaban J connectivity index is 1.50. The standard InChI is InChI=1S/C24H23N3O/c1-17(23-16-25-27(18(23)2)21-12-4-3-5-13-21)26-24(28)15-20-11-8-10-19-9-6-7-14-22(19)20/h3-14,16-17H,15H2,1-2H3,(H,26,28). The molecule has 4 aromatic rings. The van der Waals surface area contributed by atoms with E-state index in [2.05, 4.69) is 28.6 Å². The first-order valence-corrected chi connectivity index (χ1v) is 9.49. The lowest BCUT2D eigenvalue weighted by molar-refractivity contribution is -0.121. The number of para-hydroxylation sites is 1. The van der Waals surface area contributed by atoms with Crippen LogP contribution in [0.1, 0.15) is 29.8 Å². The van der Waals surface area contributed by atoms with E-state index in [0.29, 0.717) is 6.42 Å². The first kappa shape index (κ1) is 18.0. The van der Waals surface area contributed by atoms with Gasteiger partial charge in [-0.05, 0) is 42.3 Å². The van der Waals surface area contributed by atoms with Crippen LogP contribution in [0.5, 0.6) is 0 Å². The normalized spacial score (nSPS) is 12.1. The van der Waals surface area contributed by atoms with Crippen molar-refractivity contribution in [2.75, 3.05) is 0 Å². The monoisotopic (exact) mass is 369 g/mol. The molecule has 1 amide bonds. The third-order valence-electron chi connectivity index (χ3n) is 5.12. The average Bonchev–Trinajstić information content (AvgIpc) is 3.10. The van der Waals surface area contributed by atoms with Gasteiger partial charge in [0.25, 0.3) is 0 Å². The number of nitrogens with zero attached hydrogens (tertiary/aromatic N) is 2. The SMILES string of the molecule is Cc1c(C(C)NC(=O)Cc2cccc3ccccc23)cnn1-c1ccccc1. The number of fused-ring (bicyclic) bond motifs is 1. The largest absolute Gasteiger partial charge is 0.349 e. The second-order valence-electron chi connectivity index (χ2n) is 7.04. The maximum Gasteiger partial charge on any atom is 0.224 e. The van der Waals surface area contributed by atoms with E-state index in [1.165, 1.54) is 0 Å². The van der Waals surface area contributed by atoms with Crippen LogP contribution in [0.4, 0.5) is 0 Å². The summed E-state index contributed by atoms with van der Waals surface area (Å²) in [5.74, 6) is 0.00992. The molecular formula is C24H23N3O. The van der Waals surface area contributed by atoms with Gasteiger partial charge in [-0.3, -0.25) is 4.79 Å². The van der Waals surface area contributed by atoms with Crippen LogP contribution in [0.25, 0.3) is 16.5 Å². The molecule has 0 saturated heterocycles. The Morgan fingerprint density at radius 3 is 2.54 bits per heavy atom. The van der Waals surface area contributed by atoms with Crippen molar-refractivity contribution < 1.29 is 4.79 Å². The van der Waals surface area contributed by atoms with Crippen LogP contribution in [0.15, 0.2) is 79.0 Å². The zero-order valence-corrected chi connectivity index (χ0v) is 16.1. The van der Waals surface area contributed by atoms with Crippen LogP contribution in [-0.4, -0.2) is 15.7 Å². The molecule has 0 saturated carbocycles. The molecule has 1 N–H and O–H groups in total. The first-order chi connectivity index (χ1) is 13.6. The van der Waals surface area contributed by atoms with Gasteiger partial charge in [-0.2, -0.15) is 5.10 Å². The minimum absolute atomic E-state index is 0.00992. The van der Waals surface area contributed by atoms with Gasteiger partial charge in [-0.25, -0.2) is 4.68 Å². The summed E-state index contributed by atoms with van der Waals surface area (Å²) in [5.41, 5.74) is 4.11. The summed E-state index contributed by atoms with van der Waals surface area (Å²) in [4.78, 5) is 12.7. The van der Waals surface area contributed by atoms with E-state index in [4.69, 9.17) is 0 Å². The molecule has 0 fully saturated rings. The topological polar surface area (TPSA) is 46.9 Å². The molecule has 1 aromatic heterocycles. The van der Waals surface area contributed by atoms with Crippen molar-refractivity contribution in [3.63, 3.8) is 0 Å². The van der Waals surface area contributed by atoms with E-state index in [9.17, 15) is 4.79 Å². The number of rotatable bonds is 5. The summed E-state index contributed by atoms with van der Waals surface area (Å²) in [6, 6.07) is 24.1. The van der Waals surface area contributed by atoms with E-state index >= 15 is 0 Å². The van der Waals surface area contributed by atoms with Gasteiger partial charge in [0.15, 0.2) is 0 Å².